The number of hydrogen-bond donors (Lipinski definition) is 3. The summed E-state index contributed by atoms with van der Waals surface area (Å²) < 4.78 is 28.6. The first-order chi connectivity index (χ1) is 12.7. The quantitative estimate of drug-likeness (QED) is 0.375. The molecule has 0 radical (unpaired) electrons. The van der Waals surface area contributed by atoms with E-state index in [2.05, 4.69) is 10.2 Å². The number of esters is 2. The highest BCUT2D eigenvalue weighted by Crippen LogP contribution is 2.40. The largest absolute Gasteiger partial charge is 0.465 e. The lowest BCUT2D eigenvalue weighted by atomic mass is 10.2. The summed E-state index contributed by atoms with van der Waals surface area (Å²) in [6.45, 7) is 6.46. The molecule has 1 aromatic carbocycles. The predicted octanol–water partition coefficient (Wildman–Crippen LogP) is 1.75. The maximum absolute atomic E-state index is 13.3. The van der Waals surface area contributed by atoms with Crippen molar-refractivity contribution in [2.24, 2.45) is 0 Å². The zero-order valence-electron chi connectivity index (χ0n) is 15.9. The lowest BCUT2D eigenvalue weighted by Gasteiger charge is -2.26. The minimum Gasteiger partial charge on any atom is -0.465 e. The number of carbonyl (C=O) groups is 2. The van der Waals surface area contributed by atoms with Crippen LogP contribution in [0.3, 0.4) is 0 Å². The van der Waals surface area contributed by atoms with Crippen LogP contribution in [0.25, 0.3) is 0 Å². The van der Waals surface area contributed by atoms with E-state index in [1.165, 1.54) is 26.0 Å². The number of hydrogen-bond acceptors (Lipinski definition) is 7. The topological polar surface area (TPSA) is 123 Å². The van der Waals surface area contributed by atoms with Gasteiger partial charge in [-0.05, 0) is 45.4 Å². The van der Waals surface area contributed by atoms with Crippen molar-refractivity contribution in [2.45, 2.75) is 46.4 Å². The van der Waals surface area contributed by atoms with Crippen LogP contribution in [0.5, 0.6) is 5.75 Å². The molecule has 0 aliphatic rings. The van der Waals surface area contributed by atoms with E-state index >= 15 is 0 Å². The van der Waals surface area contributed by atoms with Crippen LogP contribution in [0.4, 0.5) is 0 Å². The second-order valence-corrected chi connectivity index (χ2v) is 7.45. The third-order valence-corrected chi connectivity index (χ3v) is 5.27. The summed E-state index contributed by atoms with van der Waals surface area (Å²) >= 11 is 0. The van der Waals surface area contributed by atoms with Gasteiger partial charge in [0.15, 0.2) is 0 Å². The van der Waals surface area contributed by atoms with Crippen molar-refractivity contribution in [3.05, 3.63) is 29.8 Å². The first-order valence-corrected chi connectivity index (χ1v) is 10.2. The number of carbonyl (C=O) groups excluding carboxylic acids is 2. The molecule has 2 atom stereocenters. The van der Waals surface area contributed by atoms with E-state index in [0.29, 0.717) is 5.56 Å². The Hall–Kier alpha value is -1.93. The molecule has 3 N–H and O–H groups in total. The molecule has 0 aliphatic heterocycles. The minimum absolute atomic E-state index is 0.145. The van der Waals surface area contributed by atoms with Crippen molar-refractivity contribution in [3.63, 3.8) is 0 Å². The van der Waals surface area contributed by atoms with Gasteiger partial charge >= 0.3 is 19.6 Å². The fourth-order valence-electron chi connectivity index (χ4n) is 2.04. The molecule has 1 aromatic rings. The monoisotopic (exact) mass is 402 g/mol. The van der Waals surface area contributed by atoms with Crippen LogP contribution < -0.4 is 14.7 Å². The zero-order valence-corrected chi connectivity index (χ0v) is 16.8. The molecule has 0 saturated heterocycles. The van der Waals surface area contributed by atoms with Crippen molar-refractivity contribution in [2.75, 3.05) is 13.2 Å². The number of aliphatic hydroxyl groups is 1. The van der Waals surface area contributed by atoms with E-state index in [0.717, 1.165) is 0 Å². The molecular formula is C17H27N2O7P. The molecule has 0 heterocycles. The van der Waals surface area contributed by atoms with E-state index in [1.54, 1.807) is 26.0 Å². The molecule has 0 aromatic heterocycles. The number of benzene rings is 1. The number of rotatable bonds is 11. The Morgan fingerprint density at radius 1 is 1.00 bits per heavy atom. The third kappa shape index (κ3) is 7.68. The summed E-state index contributed by atoms with van der Waals surface area (Å²) in [5.74, 6) is -0.993. The fourth-order valence-corrected chi connectivity index (χ4v) is 3.87. The van der Waals surface area contributed by atoms with E-state index < -0.39 is 31.7 Å². The van der Waals surface area contributed by atoms with Gasteiger partial charge in [0.25, 0.3) is 0 Å². The molecule has 0 saturated carbocycles. The molecule has 0 fully saturated rings. The molecule has 152 valence electrons. The number of nitrogens with one attached hydrogen (secondary N) is 2. The Kier molecular flexibility index (Phi) is 9.45. The van der Waals surface area contributed by atoms with Crippen LogP contribution in [0.1, 0.15) is 33.3 Å². The van der Waals surface area contributed by atoms with Gasteiger partial charge in [0.1, 0.15) is 17.8 Å². The van der Waals surface area contributed by atoms with Crippen LogP contribution in [-0.4, -0.2) is 42.3 Å². The van der Waals surface area contributed by atoms with Crippen LogP contribution >= 0.6 is 7.67 Å². The number of ether oxygens (including phenoxy) is 2. The van der Waals surface area contributed by atoms with Crippen molar-refractivity contribution < 1.29 is 33.3 Å². The Morgan fingerprint density at radius 2 is 1.44 bits per heavy atom. The van der Waals surface area contributed by atoms with Gasteiger partial charge in [0.2, 0.25) is 0 Å². The zero-order chi connectivity index (χ0) is 20.4. The smallest absolute Gasteiger partial charge is 0.391 e. The normalized spacial score (nSPS) is 13.5. The lowest BCUT2D eigenvalue weighted by molar-refractivity contribution is -0.145. The third-order valence-electron chi connectivity index (χ3n) is 3.35. The molecule has 0 bridgehead atoms. The van der Waals surface area contributed by atoms with Gasteiger partial charge in [0.05, 0.1) is 19.8 Å². The highest BCUT2D eigenvalue weighted by molar-refractivity contribution is 7.55. The van der Waals surface area contributed by atoms with Gasteiger partial charge in [-0.2, -0.15) is 0 Å². The SMILES string of the molecule is CCOC(=O)[C@H](C)NP(=O)(N[C@@H](C)C(=O)OCC)Oc1ccc(CO)cc1. The molecule has 10 heteroatoms. The summed E-state index contributed by atoms with van der Waals surface area (Å²) in [4.78, 5) is 23.7. The maximum atomic E-state index is 13.3. The van der Waals surface area contributed by atoms with Gasteiger partial charge < -0.3 is 19.1 Å². The summed E-state index contributed by atoms with van der Waals surface area (Å²) in [5, 5.41) is 14.2. The molecule has 1 rings (SSSR count). The molecule has 0 amide bonds. The van der Waals surface area contributed by atoms with E-state index in [1.807, 2.05) is 0 Å². The van der Waals surface area contributed by atoms with Gasteiger partial charge in [-0.1, -0.05) is 12.1 Å². The van der Waals surface area contributed by atoms with Crippen molar-refractivity contribution >= 4 is 19.6 Å². The molecule has 0 aliphatic carbocycles. The lowest BCUT2D eigenvalue weighted by Crippen LogP contribution is -2.43. The van der Waals surface area contributed by atoms with Gasteiger partial charge in [0, 0.05) is 0 Å². The van der Waals surface area contributed by atoms with Crippen molar-refractivity contribution in [3.8, 4) is 5.75 Å². The fraction of sp³-hybridized carbons (Fsp3) is 0.529. The Bertz CT molecular complexity index is 636. The maximum Gasteiger partial charge on any atom is 0.391 e. The summed E-state index contributed by atoms with van der Waals surface area (Å²) in [5.41, 5.74) is 0.651. The van der Waals surface area contributed by atoms with Crippen molar-refractivity contribution in [1.29, 1.82) is 0 Å². The molecule has 27 heavy (non-hydrogen) atoms. The molecule has 0 spiro atoms. The summed E-state index contributed by atoms with van der Waals surface area (Å²) in [6.07, 6.45) is 0. The minimum atomic E-state index is -3.90. The van der Waals surface area contributed by atoms with Gasteiger partial charge in [-0.3, -0.25) is 9.59 Å². The summed E-state index contributed by atoms with van der Waals surface area (Å²) in [7, 11) is -3.90. The molecule has 9 nitrogen and oxygen atoms in total. The number of aliphatic hydroxyl groups excluding tert-OH is 1. The molecular weight excluding hydrogens is 375 g/mol. The van der Waals surface area contributed by atoms with E-state index in [9.17, 15) is 14.2 Å². The highest BCUT2D eigenvalue weighted by atomic mass is 31.2. The highest BCUT2D eigenvalue weighted by Gasteiger charge is 2.34. The van der Waals surface area contributed by atoms with Crippen LogP contribution in [-0.2, 0) is 30.2 Å². The second-order valence-electron chi connectivity index (χ2n) is 5.65. The predicted molar refractivity (Wildman–Crippen MR) is 99.1 cm³/mol. The first-order valence-electron chi connectivity index (χ1n) is 8.63. The second kappa shape index (κ2) is 11.0. The molecule has 0 unspecified atom stereocenters. The van der Waals surface area contributed by atoms with Crippen molar-refractivity contribution in [1.82, 2.24) is 10.2 Å². The van der Waals surface area contributed by atoms with Gasteiger partial charge in [-0.25, -0.2) is 14.7 Å². The van der Waals surface area contributed by atoms with Gasteiger partial charge in [-0.15, -0.1) is 0 Å². The van der Waals surface area contributed by atoms with Crippen LogP contribution in [0.2, 0.25) is 0 Å². The Morgan fingerprint density at radius 3 is 1.81 bits per heavy atom. The van der Waals surface area contributed by atoms with Crippen LogP contribution in [0, 0.1) is 0 Å². The van der Waals surface area contributed by atoms with Crippen LogP contribution in [0.15, 0.2) is 24.3 Å². The average Bonchev–Trinajstić information content (AvgIpc) is 2.62. The van der Waals surface area contributed by atoms with E-state index in [-0.39, 0.29) is 25.6 Å². The summed E-state index contributed by atoms with van der Waals surface area (Å²) in [6, 6.07) is 4.34. The first kappa shape index (κ1) is 23.1. The van der Waals surface area contributed by atoms with E-state index in [4.69, 9.17) is 19.1 Å². The standard InChI is InChI=1S/C17H27N2O7P/c1-5-24-16(21)12(3)18-27(23,19-13(4)17(22)25-6-2)26-15-9-7-14(11-20)8-10-15/h7-10,12-13,20H,5-6,11H2,1-4H3,(H2,18,19,23)/t12-,13-/m0/s1. The average molecular weight is 402 g/mol. The Labute approximate surface area is 158 Å². The Balaban J connectivity index is 3.00.